The monoisotopic (exact) mass is 256 g/mol. The fraction of sp³-hybridized carbons (Fsp3) is 0.538. The summed E-state index contributed by atoms with van der Waals surface area (Å²) in [5, 5.41) is 3.37. The summed E-state index contributed by atoms with van der Waals surface area (Å²) in [7, 11) is 0. The third-order valence-corrected chi connectivity index (χ3v) is 2.75. The summed E-state index contributed by atoms with van der Waals surface area (Å²) >= 11 is 0. The molecule has 0 saturated heterocycles. The van der Waals surface area contributed by atoms with Gasteiger partial charge in [-0.2, -0.15) is 0 Å². The fourth-order valence-corrected chi connectivity index (χ4v) is 2.02. The molecular formula is C13H19ClNO2-. The lowest BCUT2D eigenvalue weighted by atomic mass is 10.0. The van der Waals surface area contributed by atoms with Crippen molar-refractivity contribution < 1.29 is 21.9 Å². The van der Waals surface area contributed by atoms with E-state index in [2.05, 4.69) is 17.4 Å². The molecule has 4 heteroatoms. The Morgan fingerprint density at radius 1 is 1.06 bits per heavy atom. The van der Waals surface area contributed by atoms with Gasteiger partial charge in [0.2, 0.25) is 0 Å². The van der Waals surface area contributed by atoms with E-state index in [0.717, 1.165) is 31.0 Å². The Labute approximate surface area is 109 Å². The molecule has 1 heterocycles. The minimum Gasteiger partial charge on any atom is -1.00 e. The molecule has 0 bridgehead atoms. The van der Waals surface area contributed by atoms with Gasteiger partial charge in [0.15, 0.2) is 11.5 Å². The maximum atomic E-state index is 5.61. The third kappa shape index (κ3) is 3.27. The average Bonchev–Trinajstić information content (AvgIpc) is 2.30. The summed E-state index contributed by atoms with van der Waals surface area (Å²) in [6.07, 6.45) is 1.07. The molecule has 1 aliphatic heterocycles. The van der Waals surface area contributed by atoms with Crippen LogP contribution in [0.2, 0.25) is 0 Å². The molecule has 1 aromatic rings. The van der Waals surface area contributed by atoms with Gasteiger partial charge in [-0.15, -0.1) is 0 Å². The first-order valence-electron chi connectivity index (χ1n) is 5.97. The molecule has 0 atom stereocenters. The van der Waals surface area contributed by atoms with E-state index < -0.39 is 0 Å². The number of fused-ring (bicyclic) bond motifs is 1. The summed E-state index contributed by atoms with van der Waals surface area (Å²) in [6, 6.07) is 4.24. The Morgan fingerprint density at radius 3 is 2.24 bits per heavy atom. The van der Waals surface area contributed by atoms with Crippen molar-refractivity contribution in [3.05, 3.63) is 23.3 Å². The van der Waals surface area contributed by atoms with Gasteiger partial charge in [0.05, 0.1) is 13.2 Å². The first kappa shape index (κ1) is 14.1. The number of hydrogen-bond acceptors (Lipinski definition) is 3. The van der Waals surface area contributed by atoms with Gasteiger partial charge in [0.25, 0.3) is 0 Å². The highest BCUT2D eigenvalue weighted by Gasteiger charge is 2.14. The second-order valence-corrected chi connectivity index (χ2v) is 3.86. The van der Waals surface area contributed by atoms with E-state index >= 15 is 0 Å². The van der Waals surface area contributed by atoms with Crippen LogP contribution in [0.3, 0.4) is 0 Å². The first-order chi connectivity index (χ1) is 7.85. The van der Waals surface area contributed by atoms with Crippen molar-refractivity contribution in [3.63, 3.8) is 0 Å². The molecule has 96 valence electrons. The van der Waals surface area contributed by atoms with Crippen molar-refractivity contribution in [2.75, 3.05) is 19.8 Å². The van der Waals surface area contributed by atoms with Crippen LogP contribution in [0.15, 0.2) is 12.1 Å². The Bertz CT molecular complexity index is 334. The lowest BCUT2D eigenvalue weighted by molar-refractivity contribution is -0.00000433. The number of rotatable bonds is 4. The van der Waals surface area contributed by atoms with Gasteiger partial charge in [0.1, 0.15) is 0 Å². The molecular weight excluding hydrogens is 238 g/mol. The summed E-state index contributed by atoms with van der Waals surface area (Å²) < 4.78 is 11.2. The molecule has 17 heavy (non-hydrogen) atoms. The van der Waals surface area contributed by atoms with E-state index in [1.165, 1.54) is 11.1 Å². The zero-order valence-corrected chi connectivity index (χ0v) is 11.1. The number of halogens is 1. The van der Waals surface area contributed by atoms with Crippen LogP contribution in [-0.2, 0) is 13.0 Å². The van der Waals surface area contributed by atoms with Gasteiger partial charge in [-0.3, -0.25) is 0 Å². The Balaban J connectivity index is 0.00000144. The number of nitrogens with one attached hydrogen (secondary N) is 1. The Kier molecular flexibility index (Phi) is 5.59. The standard InChI is InChI=1S/C13H19NO2.ClH/c1-3-15-12-7-10-5-6-14-9-11(10)8-13(12)16-4-2;/h7-8,14H,3-6,9H2,1-2H3;1H/p-1. The van der Waals surface area contributed by atoms with Gasteiger partial charge in [-0.1, -0.05) is 0 Å². The summed E-state index contributed by atoms with van der Waals surface area (Å²) in [5.41, 5.74) is 2.71. The van der Waals surface area contributed by atoms with Crippen molar-refractivity contribution in [2.45, 2.75) is 26.8 Å². The van der Waals surface area contributed by atoms with E-state index in [9.17, 15) is 0 Å². The fourth-order valence-electron chi connectivity index (χ4n) is 2.02. The van der Waals surface area contributed by atoms with Crippen LogP contribution >= 0.6 is 0 Å². The van der Waals surface area contributed by atoms with E-state index in [1.54, 1.807) is 0 Å². The minimum atomic E-state index is 0. The molecule has 0 amide bonds. The van der Waals surface area contributed by atoms with Crippen molar-refractivity contribution >= 4 is 0 Å². The molecule has 0 aliphatic carbocycles. The third-order valence-electron chi connectivity index (χ3n) is 2.75. The molecule has 0 fully saturated rings. The van der Waals surface area contributed by atoms with E-state index in [0.29, 0.717) is 13.2 Å². The molecule has 1 N–H and O–H groups in total. The van der Waals surface area contributed by atoms with Crippen LogP contribution in [0.1, 0.15) is 25.0 Å². The maximum Gasteiger partial charge on any atom is 0.161 e. The predicted molar refractivity (Wildman–Crippen MR) is 64.2 cm³/mol. The van der Waals surface area contributed by atoms with Crippen molar-refractivity contribution in [2.24, 2.45) is 0 Å². The van der Waals surface area contributed by atoms with Crippen LogP contribution in [-0.4, -0.2) is 19.8 Å². The zero-order valence-electron chi connectivity index (χ0n) is 10.4. The largest absolute Gasteiger partial charge is 1.00 e. The van der Waals surface area contributed by atoms with Crippen molar-refractivity contribution in [3.8, 4) is 11.5 Å². The topological polar surface area (TPSA) is 30.5 Å². The van der Waals surface area contributed by atoms with Gasteiger partial charge < -0.3 is 27.2 Å². The van der Waals surface area contributed by atoms with Crippen molar-refractivity contribution in [1.29, 1.82) is 0 Å². The summed E-state index contributed by atoms with van der Waals surface area (Å²) in [4.78, 5) is 0. The molecule has 2 rings (SSSR count). The molecule has 3 nitrogen and oxygen atoms in total. The summed E-state index contributed by atoms with van der Waals surface area (Å²) in [6.45, 7) is 7.32. The highest BCUT2D eigenvalue weighted by Crippen LogP contribution is 2.32. The Morgan fingerprint density at radius 2 is 1.65 bits per heavy atom. The number of hydrogen-bond donors (Lipinski definition) is 1. The van der Waals surface area contributed by atoms with E-state index in [1.807, 2.05) is 13.8 Å². The SMILES string of the molecule is CCOc1cc2c(cc1OCC)CNCC2.[Cl-]. The van der Waals surface area contributed by atoms with Gasteiger partial charge in [-0.05, 0) is 50.1 Å². The molecule has 0 spiro atoms. The average molecular weight is 257 g/mol. The number of benzene rings is 1. The second-order valence-electron chi connectivity index (χ2n) is 3.86. The summed E-state index contributed by atoms with van der Waals surface area (Å²) in [5.74, 6) is 1.75. The smallest absolute Gasteiger partial charge is 0.161 e. The predicted octanol–water partition coefficient (Wildman–Crippen LogP) is -0.866. The van der Waals surface area contributed by atoms with Crippen LogP contribution in [0.25, 0.3) is 0 Å². The zero-order chi connectivity index (χ0) is 11.4. The van der Waals surface area contributed by atoms with Crippen LogP contribution in [0, 0.1) is 0 Å². The quantitative estimate of drug-likeness (QED) is 0.760. The molecule has 0 aromatic heterocycles. The molecule has 1 aromatic carbocycles. The lowest BCUT2D eigenvalue weighted by Crippen LogP contribution is -3.00. The van der Waals surface area contributed by atoms with Crippen LogP contribution < -0.4 is 27.2 Å². The normalized spacial score (nSPS) is 13.5. The van der Waals surface area contributed by atoms with E-state index in [4.69, 9.17) is 9.47 Å². The van der Waals surface area contributed by atoms with E-state index in [-0.39, 0.29) is 12.4 Å². The first-order valence-corrected chi connectivity index (χ1v) is 5.97. The number of ether oxygens (including phenoxy) is 2. The van der Waals surface area contributed by atoms with Gasteiger partial charge in [-0.25, -0.2) is 0 Å². The highest BCUT2D eigenvalue weighted by atomic mass is 35.5. The molecule has 0 saturated carbocycles. The maximum absolute atomic E-state index is 5.61. The minimum absolute atomic E-state index is 0. The Hall–Kier alpha value is -0.930. The molecule has 0 radical (unpaired) electrons. The van der Waals surface area contributed by atoms with Crippen LogP contribution in [0.4, 0.5) is 0 Å². The highest BCUT2D eigenvalue weighted by molar-refractivity contribution is 5.48. The van der Waals surface area contributed by atoms with Crippen molar-refractivity contribution in [1.82, 2.24) is 5.32 Å². The molecule has 0 unspecified atom stereocenters. The van der Waals surface area contributed by atoms with Gasteiger partial charge >= 0.3 is 0 Å². The second kappa shape index (κ2) is 6.72. The molecule has 1 aliphatic rings. The van der Waals surface area contributed by atoms with Crippen LogP contribution in [0.5, 0.6) is 11.5 Å². The lowest BCUT2D eigenvalue weighted by Gasteiger charge is -2.20. The van der Waals surface area contributed by atoms with Gasteiger partial charge in [0, 0.05) is 6.54 Å².